The topological polar surface area (TPSA) is 51.1 Å². The van der Waals surface area contributed by atoms with E-state index in [2.05, 4.69) is 4.72 Å². The monoisotopic (exact) mass is 496 g/mol. The van der Waals surface area contributed by atoms with E-state index in [1.54, 1.807) is 13.1 Å². The van der Waals surface area contributed by atoms with Crippen LogP contribution in [0.4, 0.5) is 17.6 Å². The second-order valence-corrected chi connectivity index (χ2v) is 12.2. The van der Waals surface area contributed by atoms with Crippen LogP contribution in [0.5, 0.6) is 0 Å². The van der Waals surface area contributed by atoms with Crippen molar-refractivity contribution in [3.63, 3.8) is 0 Å². The Bertz CT molecular complexity index is 1330. The number of fused-ring (bicyclic) bond motifs is 1. The molecule has 1 aliphatic rings. The summed E-state index contributed by atoms with van der Waals surface area (Å²) in [7, 11) is -3.49. The van der Waals surface area contributed by atoms with Gasteiger partial charge in [0, 0.05) is 35.2 Å². The van der Waals surface area contributed by atoms with Gasteiger partial charge in [-0.15, -0.1) is 0 Å². The minimum Gasteiger partial charge on any atom is -0.347 e. The molecule has 184 valence electrons. The van der Waals surface area contributed by atoms with E-state index in [0.29, 0.717) is 35.9 Å². The van der Waals surface area contributed by atoms with E-state index in [1.807, 2.05) is 25.3 Å². The molecule has 9 heteroatoms. The van der Waals surface area contributed by atoms with Gasteiger partial charge in [0.25, 0.3) is 0 Å². The summed E-state index contributed by atoms with van der Waals surface area (Å²) in [5, 5.41) is 0.0704. The third-order valence-corrected chi connectivity index (χ3v) is 7.97. The Hall–Kier alpha value is -2.39. The van der Waals surface area contributed by atoms with E-state index in [0.717, 1.165) is 6.07 Å². The largest absolute Gasteiger partial charge is 0.417 e. The lowest BCUT2D eigenvalue weighted by Crippen LogP contribution is -2.29. The summed E-state index contributed by atoms with van der Waals surface area (Å²) >= 11 is 0. The molecule has 1 saturated carbocycles. The quantitative estimate of drug-likeness (QED) is 0.388. The average Bonchev–Trinajstić information content (AvgIpc) is 3.51. The summed E-state index contributed by atoms with van der Waals surface area (Å²) in [5.41, 5.74) is -0.339. The molecule has 1 unspecified atom stereocenters. The lowest BCUT2D eigenvalue weighted by molar-refractivity contribution is -0.137. The summed E-state index contributed by atoms with van der Waals surface area (Å²) in [6.45, 7) is 8.25. The predicted octanol–water partition coefficient (Wildman–Crippen LogP) is 6.66. The van der Waals surface area contributed by atoms with Crippen LogP contribution in [0, 0.1) is 11.2 Å². The van der Waals surface area contributed by atoms with Crippen LogP contribution in [0.2, 0.25) is 0 Å². The zero-order chi connectivity index (χ0) is 25.1. The second-order valence-electron chi connectivity index (χ2n) is 10.2. The second kappa shape index (κ2) is 8.37. The van der Waals surface area contributed by atoms with Crippen LogP contribution in [0.1, 0.15) is 57.7 Å². The molecule has 0 saturated heterocycles. The fraction of sp³-hybridized carbons (Fsp3) is 0.440. The molecule has 1 aliphatic carbocycles. The number of nitrogens with one attached hydrogen (secondary N) is 1. The number of alkyl halides is 3. The molecule has 0 bridgehead atoms. The summed E-state index contributed by atoms with van der Waals surface area (Å²) in [6, 6.07) is 6.95. The highest BCUT2D eigenvalue weighted by Crippen LogP contribution is 2.40. The molecule has 1 aromatic heterocycles. The number of halogens is 4. The molecular formula is C25H28F4N2O2S. The smallest absolute Gasteiger partial charge is 0.347 e. The maximum absolute atomic E-state index is 15.3. The van der Waals surface area contributed by atoms with Crippen LogP contribution in [0.25, 0.3) is 22.0 Å². The molecule has 4 rings (SSSR count). The van der Waals surface area contributed by atoms with Crippen molar-refractivity contribution in [2.24, 2.45) is 5.41 Å². The van der Waals surface area contributed by atoms with E-state index in [1.165, 1.54) is 30.3 Å². The van der Waals surface area contributed by atoms with Crippen LogP contribution in [0.15, 0.2) is 42.6 Å². The van der Waals surface area contributed by atoms with Gasteiger partial charge in [0.2, 0.25) is 10.0 Å². The van der Waals surface area contributed by atoms with Crippen molar-refractivity contribution < 1.29 is 26.0 Å². The van der Waals surface area contributed by atoms with Gasteiger partial charge in [-0.1, -0.05) is 39.0 Å². The number of nitrogens with zero attached hydrogens (tertiary/aromatic N) is 1. The van der Waals surface area contributed by atoms with Crippen molar-refractivity contribution in [3.8, 4) is 11.1 Å². The maximum Gasteiger partial charge on any atom is 0.417 e. The SMILES string of the molecule is CC(NS(=O)(=O)C1CC1)c1cn(CC(C)(C)C)c2cc(-c3ccccc3C(F)(F)F)c(F)cc12. The van der Waals surface area contributed by atoms with Gasteiger partial charge < -0.3 is 4.57 Å². The number of aromatic nitrogens is 1. The molecule has 0 amide bonds. The first kappa shape index (κ1) is 24.7. The first-order valence-corrected chi connectivity index (χ1v) is 12.7. The Morgan fingerprint density at radius 2 is 1.74 bits per heavy atom. The Kier molecular flexibility index (Phi) is 6.09. The summed E-state index contributed by atoms with van der Waals surface area (Å²) in [6.07, 6.45) is -1.63. The van der Waals surface area contributed by atoms with Crippen molar-refractivity contribution in [1.29, 1.82) is 0 Å². The molecule has 1 heterocycles. The van der Waals surface area contributed by atoms with E-state index in [-0.39, 0.29) is 16.5 Å². The van der Waals surface area contributed by atoms with Crippen molar-refractivity contribution in [3.05, 3.63) is 59.5 Å². The van der Waals surface area contributed by atoms with E-state index < -0.39 is 38.9 Å². The molecule has 2 aromatic carbocycles. The van der Waals surface area contributed by atoms with Gasteiger partial charge in [0.1, 0.15) is 5.82 Å². The molecule has 34 heavy (non-hydrogen) atoms. The first-order chi connectivity index (χ1) is 15.7. The number of sulfonamides is 1. The van der Waals surface area contributed by atoms with Crippen molar-refractivity contribution in [2.75, 3.05) is 0 Å². The zero-order valence-corrected chi connectivity index (χ0v) is 20.3. The lowest BCUT2D eigenvalue weighted by atomic mass is 9.96. The van der Waals surface area contributed by atoms with Crippen molar-refractivity contribution in [1.82, 2.24) is 9.29 Å². The zero-order valence-electron chi connectivity index (χ0n) is 19.5. The number of benzene rings is 2. The molecule has 0 aliphatic heterocycles. The van der Waals surface area contributed by atoms with Crippen molar-refractivity contribution >= 4 is 20.9 Å². The van der Waals surface area contributed by atoms with E-state index in [9.17, 15) is 21.6 Å². The molecule has 1 fully saturated rings. The fourth-order valence-electron chi connectivity index (χ4n) is 4.28. The number of hydrogen-bond donors (Lipinski definition) is 1. The Morgan fingerprint density at radius 3 is 2.32 bits per heavy atom. The van der Waals surface area contributed by atoms with Crippen LogP contribution >= 0.6 is 0 Å². The van der Waals surface area contributed by atoms with Gasteiger partial charge >= 0.3 is 6.18 Å². The van der Waals surface area contributed by atoms with Crippen LogP contribution in [-0.4, -0.2) is 18.2 Å². The van der Waals surface area contributed by atoms with E-state index in [4.69, 9.17) is 0 Å². The van der Waals surface area contributed by atoms with Gasteiger partial charge in [-0.3, -0.25) is 0 Å². The van der Waals surface area contributed by atoms with Gasteiger partial charge in [-0.25, -0.2) is 17.5 Å². The minimum absolute atomic E-state index is 0.147. The summed E-state index contributed by atoms with van der Waals surface area (Å²) < 4.78 is 85.7. The third-order valence-electron chi connectivity index (χ3n) is 5.94. The number of rotatable bonds is 6. The van der Waals surface area contributed by atoms with Gasteiger partial charge in [-0.05, 0) is 54.5 Å². The Labute approximate surface area is 197 Å². The molecule has 3 aromatic rings. The summed E-state index contributed by atoms with van der Waals surface area (Å²) in [5.74, 6) is -0.795. The Balaban J connectivity index is 1.89. The highest BCUT2D eigenvalue weighted by molar-refractivity contribution is 7.90. The normalized spacial score (nSPS) is 16.2. The van der Waals surface area contributed by atoms with Crippen molar-refractivity contribution in [2.45, 2.75) is 64.5 Å². The van der Waals surface area contributed by atoms with Gasteiger partial charge in [0.15, 0.2) is 0 Å². The minimum atomic E-state index is -4.63. The maximum atomic E-state index is 15.3. The average molecular weight is 497 g/mol. The third kappa shape index (κ3) is 5.00. The Morgan fingerprint density at radius 1 is 1.09 bits per heavy atom. The molecule has 0 spiro atoms. The molecular weight excluding hydrogens is 468 g/mol. The molecule has 1 N–H and O–H groups in total. The van der Waals surface area contributed by atoms with Crippen LogP contribution in [-0.2, 0) is 22.7 Å². The highest BCUT2D eigenvalue weighted by Gasteiger charge is 2.37. The molecule has 1 atom stereocenters. The van der Waals surface area contributed by atoms with Gasteiger partial charge in [-0.2, -0.15) is 13.2 Å². The molecule has 4 nitrogen and oxygen atoms in total. The summed E-state index contributed by atoms with van der Waals surface area (Å²) in [4.78, 5) is 0. The highest BCUT2D eigenvalue weighted by atomic mass is 32.2. The van der Waals surface area contributed by atoms with Crippen LogP contribution < -0.4 is 4.72 Å². The van der Waals surface area contributed by atoms with E-state index >= 15 is 4.39 Å². The number of hydrogen-bond acceptors (Lipinski definition) is 2. The van der Waals surface area contributed by atoms with Gasteiger partial charge in [0.05, 0.1) is 10.8 Å². The van der Waals surface area contributed by atoms with Crippen LogP contribution in [0.3, 0.4) is 0 Å². The molecule has 0 radical (unpaired) electrons. The lowest BCUT2D eigenvalue weighted by Gasteiger charge is -2.20. The standard InChI is InChI=1S/C25H28F4N2O2S/c1-15(30-34(32,33)16-9-10-16)20-13-31(14-24(2,3)4)23-12-18(22(26)11-19(20)23)17-7-5-6-8-21(17)25(27,28)29/h5-8,11-13,15-16,30H,9-10,14H2,1-4H3. The first-order valence-electron chi connectivity index (χ1n) is 11.2. The predicted molar refractivity (Wildman–Crippen MR) is 125 cm³/mol. The fourth-order valence-corrected chi connectivity index (χ4v) is 5.85.